The Bertz CT molecular complexity index is 1620. The first kappa shape index (κ1) is 19.9. The third-order valence-electron chi connectivity index (χ3n) is 5.32. The number of aromatic nitrogens is 3. The largest absolute Gasteiger partial charge is 2.00 e. The number of hydrogen-bond donors (Lipinski definition) is 0. The predicted octanol–water partition coefficient (Wildman–Crippen LogP) is 6.63. The first-order valence-electron chi connectivity index (χ1n) is 10.8. The van der Waals surface area contributed by atoms with Gasteiger partial charge in [0.1, 0.15) is 5.82 Å². The fraction of sp³-hybridized carbons (Fsp3) is 0. The zero-order chi connectivity index (χ0) is 22.2. The molecular formula is C28H17N3OPt. The first-order valence-corrected chi connectivity index (χ1v) is 10.3. The number of benzene rings is 3. The molecule has 3 heterocycles. The Morgan fingerprint density at radius 2 is 1.58 bits per heavy atom. The normalized spacial score (nSPS) is 11.2. The summed E-state index contributed by atoms with van der Waals surface area (Å²) in [7, 11) is 0. The number of ether oxygens (including phenoxy) is 1. The molecule has 0 bridgehead atoms. The van der Waals surface area contributed by atoms with Gasteiger partial charge in [0.25, 0.3) is 0 Å². The van der Waals surface area contributed by atoms with E-state index < -0.39 is 0 Å². The summed E-state index contributed by atoms with van der Waals surface area (Å²) in [5, 5.41) is 2.19. The van der Waals surface area contributed by atoms with Crippen LogP contribution in [-0.4, -0.2) is 14.5 Å². The van der Waals surface area contributed by atoms with E-state index in [1.807, 2.05) is 66.7 Å². The van der Waals surface area contributed by atoms with E-state index in [0.29, 0.717) is 17.4 Å². The summed E-state index contributed by atoms with van der Waals surface area (Å²) in [5.74, 6) is 1.80. The molecule has 3 aromatic carbocycles. The second kappa shape index (κ2) is 9.01. The molecular weight excluding hydrogens is 589 g/mol. The summed E-state index contributed by atoms with van der Waals surface area (Å²) in [5.41, 5.74) is 3.68. The molecule has 0 saturated heterocycles. The molecule has 0 aliphatic rings. The monoisotopic (exact) mass is 607 g/mol. The standard InChI is InChI=1S/C28H17N3O.Pt/c1-2-11-25-23(10-1)24-15-14-21(19-26(24)31(25)27-12-3-5-16-29-27)20-8-7-9-22(18-20)32-28-13-4-6-17-30-28;/h1-17H;/q-2;+2/i16D;. The van der Waals surface area contributed by atoms with Gasteiger partial charge >= 0.3 is 21.1 Å². The molecule has 3 aromatic heterocycles. The van der Waals surface area contributed by atoms with E-state index in [1.54, 1.807) is 12.3 Å². The van der Waals surface area contributed by atoms with Gasteiger partial charge in [0.05, 0.1) is 1.37 Å². The topological polar surface area (TPSA) is 39.9 Å². The molecule has 0 aliphatic carbocycles. The average molecular weight is 608 g/mol. The second-order valence-electron chi connectivity index (χ2n) is 7.31. The van der Waals surface area contributed by atoms with Crippen molar-refractivity contribution in [3.8, 4) is 28.6 Å². The van der Waals surface area contributed by atoms with Crippen molar-refractivity contribution < 1.29 is 27.2 Å². The molecule has 0 radical (unpaired) electrons. The SMILES string of the molecule is [2H]c1cccc(-n2c3[c-]c(-c4[c-]c(Oc5ccccn5)ccc4)ccc3c3ccccc32)n1.[Pt+2]. The van der Waals surface area contributed by atoms with E-state index >= 15 is 0 Å². The zero-order valence-electron chi connectivity index (χ0n) is 18.3. The van der Waals surface area contributed by atoms with Crippen LogP contribution in [0.2, 0.25) is 0 Å². The summed E-state index contributed by atoms with van der Waals surface area (Å²) in [6.45, 7) is 0. The van der Waals surface area contributed by atoms with Crippen LogP contribution in [-0.2, 0) is 21.1 Å². The van der Waals surface area contributed by atoms with Gasteiger partial charge in [-0.05, 0) is 35.2 Å². The third kappa shape index (κ3) is 3.94. The minimum atomic E-state index is 0. The van der Waals surface area contributed by atoms with Crippen LogP contribution in [0.3, 0.4) is 0 Å². The van der Waals surface area contributed by atoms with Crippen molar-refractivity contribution in [3.63, 3.8) is 0 Å². The Labute approximate surface area is 207 Å². The number of para-hydroxylation sites is 1. The number of nitrogens with zero attached hydrogens (tertiary/aromatic N) is 3. The summed E-state index contributed by atoms with van der Waals surface area (Å²) in [6, 6.07) is 36.0. The molecule has 0 aliphatic heterocycles. The van der Waals surface area contributed by atoms with Gasteiger partial charge in [-0.2, -0.15) is 24.3 Å². The van der Waals surface area contributed by atoms with Gasteiger partial charge in [-0.3, -0.25) is 0 Å². The number of fused-ring (bicyclic) bond motifs is 3. The van der Waals surface area contributed by atoms with E-state index in [0.717, 1.165) is 32.9 Å². The quantitative estimate of drug-likeness (QED) is 0.211. The molecule has 4 nitrogen and oxygen atoms in total. The Hall–Kier alpha value is -3.75. The molecule has 0 fully saturated rings. The Balaban J connectivity index is 0.00000241. The Kier molecular flexibility index (Phi) is 5.43. The van der Waals surface area contributed by atoms with E-state index in [2.05, 4.69) is 44.9 Å². The van der Waals surface area contributed by atoms with Crippen molar-refractivity contribution in [1.82, 2.24) is 14.5 Å². The molecule has 0 atom stereocenters. The molecule has 160 valence electrons. The Morgan fingerprint density at radius 3 is 2.45 bits per heavy atom. The number of rotatable bonds is 4. The van der Waals surface area contributed by atoms with Crippen molar-refractivity contribution >= 4 is 21.8 Å². The molecule has 5 heteroatoms. The fourth-order valence-electron chi connectivity index (χ4n) is 3.91. The summed E-state index contributed by atoms with van der Waals surface area (Å²) in [4.78, 5) is 8.67. The van der Waals surface area contributed by atoms with Crippen LogP contribution in [0.15, 0.2) is 103 Å². The molecule has 0 spiro atoms. The molecule has 0 unspecified atom stereocenters. The van der Waals surface area contributed by atoms with Crippen LogP contribution < -0.4 is 4.74 Å². The van der Waals surface area contributed by atoms with Crippen LogP contribution in [0, 0.1) is 12.1 Å². The molecule has 0 amide bonds. The minimum Gasteiger partial charge on any atom is -0.460 e. The van der Waals surface area contributed by atoms with Crippen LogP contribution in [0.1, 0.15) is 1.37 Å². The van der Waals surface area contributed by atoms with Crippen LogP contribution >= 0.6 is 0 Å². The van der Waals surface area contributed by atoms with Gasteiger partial charge in [-0.1, -0.05) is 35.7 Å². The van der Waals surface area contributed by atoms with Gasteiger partial charge in [0.2, 0.25) is 5.88 Å². The van der Waals surface area contributed by atoms with Crippen LogP contribution in [0.4, 0.5) is 0 Å². The molecule has 33 heavy (non-hydrogen) atoms. The summed E-state index contributed by atoms with van der Waals surface area (Å²) >= 11 is 0. The maximum Gasteiger partial charge on any atom is 2.00 e. The number of pyridine rings is 2. The average Bonchev–Trinajstić information content (AvgIpc) is 3.18. The first-order chi connectivity index (χ1) is 16.3. The molecule has 6 rings (SSSR count). The fourth-order valence-corrected chi connectivity index (χ4v) is 3.91. The van der Waals surface area contributed by atoms with Crippen molar-refractivity contribution in [2.75, 3.05) is 0 Å². The summed E-state index contributed by atoms with van der Waals surface area (Å²) < 4.78 is 15.9. The maximum atomic E-state index is 7.99. The second-order valence-corrected chi connectivity index (χ2v) is 7.31. The van der Waals surface area contributed by atoms with E-state index in [4.69, 9.17) is 6.11 Å². The maximum absolute atomic E-state index is 7.99. The van der Waals surface area contributed by atoms with Crippen LogP contribution in [0.25, 0.3) is 38.8 Å². The molecule has 0 saturated carbocycles. The zero-order valence-corrected chi connectivity index (χ0v) is 19.6. The van der Waals surface area contributed by atoms with E-state index in [-0.39, 0.29) is 27.2 Å². The predicted molar refractivity (Wildman–Crippen MR) is 126 cm³/mol. The smallest absolute Gasteiger partial charge is 0.460 e. The van der Waals surface area contributed by atoms with Crippen molar-refractivity contribution in [2.24, 2.45) is 0 Å². The minimum absolute atomic E-state index is 0. The summed E-state index contributed by atoms with van der Waals surface area (Å²) in [6.07, 6.45) is 1.92. The van der Waals surface area contributed by atoms with Gasteiger partial charge in [0, 0.05) is 29.7 Å². The molecule has 0 N–H and O–H groups in total. The van der Waals surface area contributed by atoms with Crippen molar-refractivity contribution in [3.05, 3.63) is 115 Å². The van der Waals surface area contributed by atoms with Gasteiger partial charge in [-0.15, -0.1) is 18.2 Å². The van der Waals surface area contributed by atoms with Crippen molar-refractivity contribution in [2.45, 2.75) is 0 Å². The Morgan fingerprint density at radius 1 is 0.727 bits per heavy atom. The van der Waals surface area contributed by atoms with E-state index in [9.17, 15) is 0 Å². The van der Waals surface area contributed by atoms with Gasteiger partial charge in [-0.25, -0.2) is 21.1 Å². The van der Waals surface area contributed by atoms with Crippen molar-refractivity contribution in [1.29, 1.82) is 0 Å². The van der Waals surface area contributed by atoms with E-state index in [1.165, 1.54) is 0 Å². The number of hydrogen-bond acceptors (Lipinski definition) is 3. The third-order valence-corrected chi connectivity index (χ3v) is 5.32. The van der Waals surface area contributed by atoms with Gasteiger partial charge < -0.3 is 9.30 Å². The van der Waals surface area contributed by atoms with Gasteiger partial charge in [0.15, 0.2) is 0 Å². The molecule has 6 aromatic rings. The van der Waals surface area contributed by atoms with Crippen LogP contribution in [0.5, 0.6) is 11.6 Å².